The van der Waals surface area contributed by atoms with Crippen molar-refractivity contribution in [3.05, 3.63) is 64.7 Å². The highest BCUT2D eigenvalue weighted by Gasteiger charge is 2.11. The van der Waals surface area contributed by atoms with Crippen molar-refractivity contribution in [2.24, 2.45) is 0 Å². The number of hydrogen-bond donors (Lipinski definition) is 1. The van der Waals surface area contributed by atoms with E-state index in [0.29, 0.717) is 17.9 Å². The van der Waals surface area contributed by atoms with E-state index >= 15 is 0 Å². The summed E-state index contributed by atoms with van der Waals surface area (Å²) in [7, 11) is 1.64. The molecule has 0 saturated carbocycles. The molecule has 0 heterocycles. The highest BCUT2D eigenvalue weighted by Crippen LogP contribution is 2.20. The molecule has 2 rings (SSSR count). The van der Waals surface area contributed by atoms with Crippen LogP contribution in [0.3, 0.4) is 0 Å². The second-order valence-electron chi connectivity index (χ2n) is 5.16. The largest absolute Gasteiger partial charge is 0.496 e. The first-order chi connectivity index (χ1) is 10.6. The number of nitrogens with one attached hydrogen (secondary N) is 1. The van der Waals surface area contributed by atoms with Crippen molar-refractivity contribution in [3.63, 3.8) is 0 Å². The van der Waals surface area contributed by atoms with Crippen molar-refractivity contribution in [3.8, 4) is 5.75 Å². The maximum atomic E-state index is 12.1. The molecule has 0 aliphatic rings. The highest BCUT2D eigenvalue weighted by atomic mass is 35.5. The van der Waals surface area contributed by atoms with Crippen LogP contribution < -0.4 is 10.1 Å². The van der Waals surface area contributed by atoms with Crippen molar-refractivity contribution in [2.75, 3.05) is 7.11 Å². The third kappa shape index (κ3) is 4.50. The van der Waals surface area contributed by atoms with Gasteiger partial charge < -0.3 is 10.1 Å². The molecule has 2 aromatic rings. The summed E-state index contributed by atoms with van der Waals surface area (Å²) in [5, 5.41) is 3.67. The lowest BCUT2D eigenvalue weighted by atomic mass is 10.1. The summed E-state index contributed by atoms with van der Waals surface area (Å²) in [6, 6.07) is 15.2. The van der Waals surface area contributed by atoms with E-state index in [9.17, 15) is 4.79 Å². The van der Waals surface area contributed by atoms with Crippen LogP contribution in [0.4, 0.5) is 0 Å². The Balaban J connectivity index is 1.90. The fraction of sp³-hybridized carbons (Fsp3) is 0.278. The number of carbonyl (C=O) groups is 1. The van der Waals surface area contributed by atoms with E-state index < -0.39 is 0 Å². The average molecular weight is 318 g/mol. The number of amides is 1. The predicted octanol–water partition coefficient (Wildman–Crippen LogP) is 4.16. The molecular weight excluding hydrogens is 298 g/mol. The van der Waals surface area contributed by atoms with Crippen molar-refractivity contribution in [1.29, 1.82) is 0 Å². The Morgan fingerprint density at radius 1 is 1.23 bits per heavy atom. The maximum absolute atomic E-state index is 12.1. The molecule has 22 heavy (non-hydrogen) atoms. The van der Waals surface area contributed by atoms with Gasteiger partial charge in [0.1, 0.15) is 5.75 Å². The monoisotopic (exact) mass is 317 g/mol. The number of aryl methyl sites for hydroxylation is 1. The summed E-state index contributed by atoms with van der Waals surface area (Å²) in [6.07, 6.45) is 1.07. The molecular formula is C18H20ClNO2. The second-order valence-corrected chi connectivity index (χ2v) is 5.59. The summed E-state index contributed by atoms with van der Waals surface area (Å²) in [6.45, 7) is 1.95. The molecule has 0 spiro atoms. The molecule has 0 aromatic heterocycles. The minimum atomic E-state index is -0.0659. The SMILES string of the molecule is COc1ccccc1CCC(=O)NC(C)c1cccc(Cl)c1. The van der Waals surface area contributed by atoms with Gasteiger partial charge in [0.15, 0.2) is 0 Å². The Morgan fingerprint density at radius 2 is 2.00 bits per heavy atom. The first-order valence-corrected chi connectivity index (χ1v) is 7.64. The molecule has 0 radical (unpaired) electrons. The van der Waals surface area contributed by atoms with E-state index in [1.54, 1.807) is 7.11 Å². The minimum absolute atomic E-state index is 0.0124. The topological polar surface area (TPSA) is 38.3 Å². The summed E-state index contributed by atoms with van der Waals surface area (Å²) < 4.78 is 5.29. The fourth-order valence-corrected chi connectivity index (χ4v) is 2.53. The van der Waals surface area contributed by atoms with E-state index in [0.717, 1.165) is 16.9 Å². The van der Waals surface area contributed by atoms with Crippen molar-refractivity contribution in [2.45, 2.75) is 25.8 Å². The Morgan fingerprint density at radius 3 is 2.73 bits per heavy atom. The van der Waals surface area contributed by atoms with Gasteiger partial charge in [-0.2, -0.15) is 0 Å². The van der Waals surface area contributed by atoms with Gasteiger partial charge >= 0.3 is 0 Å². The van der Waals surface area contributed by atoms with E-state index in [4.69, 9.17) is 16.3 Å². The Hall–Kier alpha value is -2.00. The van der Waals surface area contributed by atoms with Crippen LogP contribution in [-0.2, 0) is 11.2 Å². The molecule has 0 fully saturated rings. The van der Waals surface area contributed by atoms with Gasteiger partial charge in [0, 0.05) is 11.4 Å². The minimum Gasteiger partial charge on any atom is -0.496 e. The van der Waals surface area contributed by atoms with Crippen LogP contribution in [0, 0.1) is 0 Å². The molecule has 0 aliphatic carbocycles. The van der Waals surface area contributed by atoms with Gasteiger partial charge in [-0.25, -0.2) is 0 Å². The number of ether oxygens (including phenoxy) is 1. The molecule has 3 nitrogen and oxygen atoms in total. The third-order valence-electron chi connectivity index (χ3n) is 3.54. The standard InChI is InChI=1S/C18H20ClNO2/c1-13(15-7-5-8-16(19)12-15)20-18(21)11-10-14-6-3-4-9-17(14)22-2/h3-9,12-13H,10-11H2,1-2H3,(H,20,21). The van der Waals surface area contributed by atoms with Crippen molar-refractivity contribution in [1.82, 2.24) is 5.32 Å². The molecule has 2 aromatic carbocycles. The Labute approximate surface area is 136 Å². The molecule has 1 N–H and O–H groups in total. The zero-order valence-corrected chi connectivity index (χ0v) is 13.6. The van der Waals surface area contributed by atoms with Gasteiger partial charge in [0.25, 0.3) is 0 Å². The molecule has 0 aliphatic heterocycles. The van der Waals surface area contributed by atoms with Crippen molar-refractivity contribution < 1.29 is 9.53 Å². The maximum Gasteiger partial charge on any atom is 0.220 e. The van der Waals surface area contributed by atoms with E-state index in [-0.39, 0.29) is 11.9 Å². The zero-order valence-electron chi connectivity index (χ0n) is 12.8. The second kappa shape index (κ2) is 7.85. The Bertz CT molecular complexity index is 642. The summed E-state index contributed by atoms with van der Waals surface area (Å²) >= 11 is 5.97. The van der Waals surface area contributed by atoms with E-state index in [1.807, 2.05) is 55.5 Å². The molecule has 0 saturated heterocycles. The third-order valence-corrected chi connectivity index (χ3v) is 3.78. The number of hydrogen-bond acceptors (Lipinski definition) is 2. The number of para-hydroxylation sites is 1. The molecule has 1 amide bonds. The molecule has 1 atom stereocenters. The van der Waals surface area contributed by atoms with Crippen LogP contribution >= 0.6 is 11.6 Å². The quantitative estimate of drug-likeness (QED) is 0.868. The number of rotatable bonds is 6. The summed E-state index contributed by atoms with van der Waals surface area (Å²) in [5.41, 5.74) is 2.04. The molecule has 1 unspecified atom stereocenters. The lowest BCUT2D eigenvalue weighted by molar-refractivity contribution is -0.121. The number of halogens is 1. The van der Waals surface area contributed by atoms with Gasteiger partial charge in [-0.15, -0.1) is 0 Å². The summed E-state index contributed by atoms with van der Waals surface area (Å²) in [5.74, 6) is 0.830. The smallest absolute Gasteiger partial charge is 0.220 e. The summed E-state index contributed by atoms with van der Waals surface area (Å²) in [4.78, 5) is 12.1. The van der Waals surface area contributed by atoms with Gasteiger partial charge in [0.2, 0.25) is 5.91 Å². The number of carbonyl (C=O) groups excluding carboxylic acids is 1. The van der Waals surface area contributed by atoms with Crippen LogP contribution in [0.1, 0.15) is 30.5 Å². The predicted molar refractivity (Wildman–Crippen MR) is 89.3 cm³/mol. The van der Waals surface area contributed by atoms with E-state index in [2.05, 4.69) is 5.32 Å². The lowest BCUT2D eigenvalue weighted by Crippen LogP contribution is -2.26. The lowest BCUT2D eigenvalue weighted by Gasteiger charge is -2.15. The first kappa shape index (κ1) is 16.4. The molecule has 116 valence electrons. The van der Waals surface area contributed by atoms with Gasteiger partial charge in [-0.05, 0) is 42.7 Å². The van der Waals surface area contributed by atoms with Gasteiger partial charge in [-0.3, -0.25) is 4.79 Å². The Kier molecular flexibility index (Phi) is 5.84. The van der Waals surface area contributed by atoms with E-state index in [1.165, 1.54) is 0 Å². The normalized spacial score (nSPS) is 11.8. The average Bonchev–Trinajstić information content (AvgIpc) is 2.53. The number of benzene rings is 2. The van der Waals surface area contributed by atoms with Crippen LogP contribution in [0.15, 0.2) is 48.5 Å². The number of methoxy groups -OCH3 is 1. The first-order valence-electron chi connectivity index (χ1n) is 7.27. The molecule has 0 bridgehead atoms. The fourth-order valence-electron chi connectivity index (χ4n) is 2.33. The highest BCUT2D eigenvalue weighted by molar-refractivity contribution is 6.30. The van der Waals surface area contributed by atoms with Crippen LogP contribution in [0.2, 0.25) is 5.02 Å². The van der Waals surface area contributed by atoms with Crippen LogP contribution in [0.5, 0.6) is 5.75 Å². The molecule has 4 heteroatoms. The van der Waals surface area contributed by atoms with Gasteiger partial charge in [0.05, 0.1) is 13.2 Å². The zero-order chi connectivity index (χ0) is 15.9. The van der Waals surface area contributed by atoms with Gasteiger partial charge in [-0.1, -0.05) is 41.9 Å². The van der Waals surface area contributed by atoms with Crippen LogP contribution in [-0.4, -0.2) is 13.0 Å². The van der Waals surface area contributed by atoms with Crippen LogP contribution in [0.25, 0.3) is 0 Å². The van der Waals surface area contributed by atoms with Crippen molar-refractivity contribution >= 4 is 17.5 Å².